The third-order valence-electron chi connectivity index (χ3n) is 4.41. The van der Waals surface area contributed by atoms with E-state index in [1.807, 2.05) is 0 Å². The van der Waals surface area contributed by atoms with Crippen LogP contribution in [0.3, 0.4) is 0 Å². The van der Waals surface area contributed by atoms with Crippen molar-refractivity contribution in [3.8, 4) is 0 Å². The second-order valence-corrected chi connectivity index (χ2v) is 10.4. The number of nitrogens with one attached hydrogen (secondary N) is 1. The number of carboxylic acid groups (broad SMARTS) is 1. The predicted octanol–water partition coefficient (Wildman–Crippen LogP) is 1.77. The molecule has 0 fully saturated rings. The Morgan fingerprint density at radius 3 is 2.52 bits per heavy atom. The van der Waals surface area contributed by atoms with Gasteiger partial charge in [0.2, 0.25) is 0 Å². The van der Waals surface area contributed by atoms with Crippen molar-refractivity contribution in [1.82, 2.24) is 24.6 Å². The van der Waals surface area contributed by atoms with Crippen LogP contribution in [0.2, 0.25) is 0 Å². The number of nitrogens with two attached hydrogens (primary N) is 1. The van der Waals surface area contributed by atoms with E-state index in [0.29, 0.717) is 11.2 Å². The largest absolute Gasteiger partial charge is 0.480 e. The molecule has 33 heavy (non-hydrogen) atoms. The van der Waals surface area contributed by atoms with Gasteiger partial charge in [-0.25, -0.2) is 24.8 Å². The van der Waals surface area contributed by atoms with E-state index in [1.54, 1.807) is 25.3 Å². The summed E-state index contributed by atoms with van der Waals surface area (Å²) in [7, 11) is -3.97. The van der Waals surface area contributed by atoms with Crippen LogP contribution in [0.1, 0.15) is 41.5 Å². The molecule has 0 aliphatic rings. The number of aromatic nitrogens is 4. The summed E-state index contributed by atoms with van der Waals surface area (Å²) in [5.41, 5.74) is 5.13. The first-order valence-corrected chi connectivity index (χ1v) is 12.1. The Morgan fingerprint density at radius 1 is 1.24 bits per heavy atom. The van der Waals surface area contributed by atoms with Gasteiger partial charge in [0.1, 0.15) is 23.7 Å². The Bertz CT molecular complexity index is 1040. The molecule has 0 aliphatic heterocycles. The molecule has 2 heterocycles. The fourth-order valence-corrected chi connectivity index (χ4v) is 4.95. The third kappa shape index (κ3) is 7.19. The van der Waals surface area contributed by atoms with Crippen LogP contribution in [0, 0.1) is 0 Å². The lowest BCUT2D eigenvalue weighted by Gasteiger charge is -2.30. The van der Waals surface area contributed by atoms with Crippen molar-refractivity contribution < 1.29 is 33.3 Å². The van der Waals surface area contributed by atoms with Crippen LogP contribution in [0.4, 0.5) is 5.82 Å². The molecule has 13 nitrogen and oxygen atoms in total. The summed E-state index contributed by atoms with van der Waals surface area (Å²) in [6.07, 6.45) is 0.231. The molecule has 3 atom stereocenters. The monoisotopic (exact) mass is 486 g/mol. The molecule has 184 valence electrons. The molecule has 0 saturated carbocycles. The number of rotatable bonds is 12. The van der Waals surface area contributed by atoms with Crippen molar-refractivity contribution in [1.29, 1.82) is 0 Å². The van der Waals surface area contributed by atoms with Crippen LogP contribution >= 0.6 is 7.52 Å². The molecular weight excluding hydrogens is 455 g/mol. The van der Waals surface area contributed by atoms with E-state index < -0.39 is 49.7 Å². The summed E-state index contributed by atoms with van der Waals surface area (Å²) in [5, 5.41) is 11.9. The van der Waals surface area contributed by atoms with Crippen molar-refractivity contribution in [2.45, 2.75) is 71.9 Å². The second kappa shape index (κ2) is 10.6. The minimum atomic E-state index is -3.97. The van der Waals surface area contributed by atoms with Crippen LogP contribution in [-0.4, -0.2) is 66.8 Å². The predicted molar refractivity (Wildman–Crippen MR) is 119 cm³/mol. The SMILES string of the molecule is CC(C)OC(=O)[C@@H](C)OP(=O)(CO[C@H](C)Cn1cnc2c(N)ncnc21)NC(C)(C)C(=O)O. The smallest absolute Gasteiger partial charge is 0.335 e. The molecule has 2 rings (SSSR count). The molecule has 0 radical (unpaired) electrons. The van der Waals surface area contributed by atoms with Gasteiger partial charge in [-0.15, -0.1) is 0 Å². The number of nitrogen functional groups attached to an aromatic ring is 1. The number of nitrogens with zero attached hydrogens (tertiary/aromatic N) is 4. The second-order valence-electron chi connectivity index (χ2n) is 8.38. The van der Waals surface area contributed by atoms with Crippen molar-refractivity contribution in [3.63, 3.8) is 0 Å². The quantitative estimate of drug-likeness (QED) is 0.293. The summed E-state index contributed by atoms with van der Waals surface area (Å²) in [6.45, 7) is 9.36. The lowest BCUT2D eigenvalue weighted by molar-refractivity contribution is -0.155. The van der Waals surface area contributed by atoms with Gasteiger partial charge in [-0.05, 0) is 41.5 Å². The van der Waals surface area contributed by atoms with E-state index in [-0.39, 0.29) is 12.4 Å². The highest BCUT2D eigenvalue weighted by Gasteiger charge is 2.39. The van der Waals surface area contributed by atoms with Gasteiger partial charge in [-0.3, -0.25) is 9.36 Å². The van der Waals surface area contributed by atoms with E-state index in [0.717, 1.165) is 0 Å². The number of esters is 1. The Balaban J connectivity index is 2.14. The number of aliphatic carboxylic acids is 1. The lowest BCUT2D eigenvalue weighted by atomic mass is 10.1. The van der Waals surface area contributed by atoms with Gasteiger partial charge in [0.25, 0.3) is 7.52 Å². The highest BCUT2D eigenvalue weighted by Crippen LogP contribution is 2.46. The topological polar surface area (TPSA) is 181 Å². The minimum absolute atomic E-state index is 0.243. The zero-order chi connectivity index (χ0) is 25.0. The van der Waals surface area contributed by atoms with Gasteiger partial charge in [0.05, 0.1) is 25.1 Å². The first-order chi connectivity index (χ1) is 15.2. The zero-order valence-electron chi connectivity index (χ0n) is 19.5. The van der Waals surface area contributed by atoms with Crippen molar-refractivity contribution in [2.24, 2.45) is 0 Å². The van der Waals surface area contributed by atoms with Crippen LogP contribution in [0.25, 0.3) is 11.2 Å². The molecule has 2 aromatic rings. The molecule has 0 aliphatic carbocycles. The molecule has 0 amide bonds. The Kier molecular flexibility index (Phi) is 8.52. The summed E-state index contributed by atoms with van der Waals surface area (Å²) in [5.74, 6) is -1.73. The molecule has 4 N–H and O–H groups in total. The summed E-state index contributed by atoms with van der Waals surface area (Å²) < 4.78 is 31.5. The van der Waals surface area contributed by atoms with Crippen LogP contribution < -0.4 is 10.8 Å². The molecule has 0 aromatic carbocycles. The average Bonchev–Trinajstić information content (AvgIpc) is 3.09. The highest BCUT2D eigenvalue weighted by atomic mass is 31.2. The van der Waals surface area contributed by atoms with Crippen LogP contribution in [0.15, 0.2) is 12.7 Å². The van der Waals surface area contributed by atoms with Gasteiger partial charge < -0.3 is 29.4 Å². The zero-order valence-corrected chi connectivity index (χ0v) is 20.4. The van der Waals surface area contributed by atoms with Gasteiger partial charge in [0.15, 0.2) is 17.6 Å². The number of anilines is 1. The summed E-state index contributed by atoms with van der Waals surface area (Å²) in [6, 6.07) is 0. The number of hydrogen-bond donors (Lipinski definition) is 3. The average molecular weight is 486 g/mol. The number of carbonyl (C=O) groups excluding carboxylic acids is 1. The van der Waals surface area contributed by atoms with E-state index in [9.17, 15) is 19.3 Å². The van der Waals surface area contributed by atoms with Crippen LogP contribution in [-0.2, 0) is 34.7 Å². The fraction of sp³-hybridized carbons (Fsp3) is 0.632. The minimum Gasteiger partial charge on any atom is -0.480 e. The number of ether oxygens (including phenoxy) is 2. The number of carbonyl (C=O) groups is 2. The van der Waals surface area contributed by atoms with Crippen molar-refractivity contribution in [2.75, 3.05) is 12.1 Å². The molecule has 0 bridgehead atoms. The number of carboxylic acids is 1. The van der Waals surface area contributed by atoms with E-state index in [4.69, 9.17) is 19.7 Å². The first kappa shape index (κ1) is 26.7. The maximum absolute atomic E-state index is 13.5. The Morgan fingerprint density at radius 2 is 1.91 bits per heavy atom. The highest BCUT2D eigenvalue weighted by molar-refractivity contribution is 7.56. The standard InChI is InChI=1S/C19H31N6O7P/c1-11(2)31-17(26)13(4)32-33(29,24-19(5,6)18(27)28)10-30-12(3)7-25-9-23-14-15(20)21-8-22-16(14)25/h8-9,11-13H,7,10H2,1-6H3,(H,24,29)(H,27,28)(H2,20,21,22)/t12-,13-,33?/m1/s1. The number of fused-ring (bicyclic) bond motifs is 1. The van der Waals surface area contributed by atoms with E-state index in [1.165, 1.54) is 33.4 Å². The van der Waals surface area contributed by atoms with Gasteiger partial charge in [0, 0.05) is 0 Å². The fourth-order valence-electron chi connectivity index (χ4n) is 2.78. The van der Waals surface area contributed by atoms with Gasteiger partial charge in [-0.2, -0.15) is 0 Å². The molecule has 0 spiro atoms. The van der Waals surface area contributed by atoms with E-state index >= 15 is 0 Å². The number of hydrogen-bond acceptors (Lipinski definition) is 10. The molecule has 0 saturated heterocycles. The number of imidazole rings is 1. The van der Waals surface area contributed by atoms with Gasteiger partial charge in [-0.1, -0.05) is 0 Å². The molecule has 1 unspecified atom stereocenters. The summed E-state index contributed by atoms with van der Waals surface area (Å²) >= 11 is 0. The third-order valence-corrected chi connectivity index (χ3v) is 6.45. The maximum atomic E-state index is 13.5. The van der Waals surface area contributed by atoms with Gasteiger partial charge >= 0.3 is 11.9 Å². The molecular formula is C19H31N6O7P. The molecule has 14 heteroatoms. The van der Waals surface area contributed by atoms with Crippen LogP contribution in [0.5, 0.6) is 0 Å². The normalized spacial score (nSPS) is 15.8. The Labute approximate surface area is 191 Å². The van der Waals surface area contributed by atoms with Crippen molar-refractivity contribution in [3.05, 3.63) is 12.7 Å². The van der Waals surface area contributed by atoms with Crippen molar-refractivity contribution >= 4 is 36.4 Å². The first-order valence-electron chi connectivity index (χ1n) is 10.3. The van der Waals surface area contributed by atoms with E-state index in [2.05, 4.69) is 20.0 Å². The summed E-state index contributed by atoms with van der Waals surface area (Å²) in [4.78, 5) is 35.9. The maximum Gasteiger partial charge on any atom is 0.335 e. The lowest BCUT2D eigenvalue weighted by Crippen LogP contribution is -2.46. The molecule has 2 aromatic heterocycles. The Hall–Kier alpha value is -2.60.